The van der Waals surface area contributed by atoms with Gasteiger partial charge in [-0.05, 0) is 55.5 Å². The lowest BCUT2D eigenvalue weighted by Crippen LogP contribution is -2.74. The third-order valence-electron chi connectivity index (χ3n) is 12.9. The van der Waals surface area contributed by atoms with Crippen LogP contribution in [-0.2, 0) is 9.59 Å². The van der Waals surface area contributed by atoms with Gasteiger partial charge >= 0.3 is 0 Å². The second-order valence-electron chi connectivity index (χ2n) is 17.5. The minimum atomic E-state index is -0.980. The summed E-state index contributed by atoms with van der Waals surface area (Å²) in [5, 5.41) is 15.0. The van der Waals surface area contributed by atoms with Crippen molar-refractivity contribution in [3.63, 3.8) is 0 Å². The molecule has 16 heteroatoms. The largest absolute Gasteiger partial charge is 0.489 e. The zero-order valence-corrected chi connectivity index (χ0v) is 34.4. The van der Waals surface area contributed by atoms with Gasteiger partial charge in [0.2, 0.25) is 17.8 Å². The number of nitriles is 1. The number of hydrogen-bond donors (Lipinski definition) is 2. The fourth-order valence-corrected chi connectivity index (χ4v) is 10.1. The molecule has 15 nitrogen and oxygen atoms in total. The van der Waals surface area contributed by atoms with Crippen LogP contribution in [-0.4, -0.2) is 113 Å². The van der Waals surface area contributed by atoms with E-state index in [1.165, 1.54) is 0 Å². The summed E-state index contributed by atoms with van der Waals surface area (Å²) in [6.07, 6.45) is 5.17. The minimum Gasteiger partial charge on any atom is -0.489 e. The number of benzene rings is 2. The molecule has 4 fully saturated rings. The average molecular weight is 822 g/mol. The number of halogens is 1. The number of nitrogens with zero attached hydrogens (tertiary/aromatic N) is 7. The monoisotopic (exact) mass is 821 g/mol. The number of hydrogen-bond acceptors (Lipinski definition) is 12. The SMILES string of the molecule is CC1(C)[C@H](NC(=O)c2cnc(N3CCN(CC4CCN(c5ccc6c(c5)C(=O)N(C5CCC(=O)NC5=O)C6=O)CC4)CC3)nc2)C(C)(C)[C@H]1Oc1ccc(C#N)c(Cl)c1. The zero-order chi connectivity index (χ0) is 41.8. The van der Waals surface area contributed by atoms with E-state index in [2.05, 4.69) is 69.1 Å². The van der Waals surface area contributed by atoms with E-state index < -0.39 is 40.5 Å². The summed E-state index contributed by atoms with van der Waals surface area (Å²) in [5.41, 5.74) is 1.46. The predicted octanol–water partition coefficient (Wildman–Crippen LogP) is 4.05. The van der Waals surface area contributed by atoms with E-state index >= 15 is 0 Å². The van der Waals surface area contributed by atoms with Crippen molar-refractivity contribution in [3.8, 4) is 11.8 Å². The van der Waals surface area contributed by atoms with Gasteiger partial charge in [-0.25, -0.2) is 9.97 Å². The van der Waals surface area contributed by atoms with Crippen LogP contribution >= 0.6 is 11.6 Å². The molecule has 5 amide bonds. The zero-order valence-electron chi connectivity index (χ0n) is 33.7. The maximum Gasteiger partial charge on any atom is 0.262 e. The van der Waals surface area contributed by atoms with Crippen molar-refractivity contribution in [2.24, 2.45) is 16.7 Å². The Morgan fingerprint density at radius 3 is 2.22 bits per heavy atom. The van der Waals surface area contributed by atoms with Gasteiger partial charge in [-0.2, -0.15) is 5.26 Å². The number of carbonyl (C=O) groups excluding carboxylic acids is 5. The van der Waals surface area contributed by atoms with E-state index in [0.717, 1.165) is 69.2 Å². The molecular formula is C43H48ClN9O6. The van der Waals surface area contributed by atoms with Crippen LogP contribution in [0.15, 0.2) is 48.8 Å². The van der Waals surface area contributed by atoms with E-state index in [1.807, 2.05) is 6.07 Å². The number of nitrogens with one attached hydrogen (secondary N) is 2. The third kappa shape index (κ3) is 7.48. The maximum atomic E-state index is 13.4. The standard InChI is InChI=1S/C43H48ClN9O6/c1-42(2)39(43(3,4)40(42)59-29-7-5-26(21-45)32(44)20-29)49-35(55)27-22-46-41(47-23-27)52-17-15-50(16-18-52)24-25-11-13-51(14-12-25)28-6-8-30-31(19-28)38(58)53(37(30)57)33-9-10-34(54)48-36(33)56/h5-8,19-20,22-23,25,33,39-40H,9-18,24H2,1-4H3,(H,49,55)(H,48,54,56)/t33?,39-,40-. The van der Waals surface area contributed by atoms with Crippen molar-refractivity contribution in [2.45, 2.75) is 71.6 Å². The number of aromatic nitrogens is 2. The Kier molecular flexibility index (Phi) is 10.6. The molecule has 0 spiro atoms. The fourth-order valence-electron chi connectivity index (χ4n) is 9.94. The molecule has 0 bridgehead atoms. The molecule has 308 valence electrons. The highest BCUT2D eigenvalue weighted by atomic mass is 35.5. The summed E-state index contributed by atoms with van der Waals surface area (Å²) in [5.74, 6) is -0.540. The van der Waals surface area contributed by atoms with Crippen molar-refractivity contribution in [1.29, 1.82) is 5.26 Å². The summed E-state index contributed by atoms with van der Waals surface area (Å²) < 4.78 is 6.36. The van der Waals surface area contributed by atoms with Gasteiger partial charge in [-0.15, -0.1) is 0 Å². The van der Waals surface area contributed by atoms with E-state index in [0.29, 0.717) is 39.3 Å². The molecule has 0 radical (unpaired) electrons. The van der Waals surface area contributed by atoms with Crippen LogP contribution in [0.4, 0.5) is 11.6 Å². The van der Waals surface area contributed by atoms with Gasteiger partial charge in [0.1, 0.15) is 24.0 Å². The number of piperazine rings is 1. The molecule has 2 N–H and O–H groups in total. The summed E-state index contributed by atoms with van der Waals surface area (Å²) in [7, 11) is 0. The van der Waals surface area contributed by atoms with Crippen molar-refractivity contribution in [3.05, 3.63) is 76.1 Å². The molecule has 1 aromatic heterocycles. The van der Waals surface area contributed by atoms with Gasteiger partial charge in [-0.3, -0.25) is 39.1 Å². The Hall–Kier alpha value is -5.59. The normalized spacial score (nSPS) is 24.3. The number of fused-ring (bicyclic) bond motifs is 1. The lowest BCUT2D eigenvalue weighted by molar-refractivity contribution is -0.164. The Bertz CT molecular complexity index is 2230. The van der Waals surface area contributed by atoms with Crippen molar-refractivity contribution in [1.82, 2.24) is 30.4 Å². The topological polar surface area (TPSA) is 181 Å². The highest BCUT2D eigenvalue weighted by Crippen LogP contribution is 2.55. The van der Waals surface area contributed by atoms with Crippen LogP contribution in [0.3, 0.4) is 0 Å². The fraction of sp³-hybridized carbons (Fsp3) is 0.488. The molecule has 1 unspecified atom stereocenters. The second kappa shape index (κ2) is 15.5. The quantitative estimate of drug-likeness (QED) is 0.296. The number of carbonyl (C=O) groups is 5. The Balaban J connectivity index is 0.789. The van der Waals surface area contributed by atoms with Gasteiger partial charge in [0.15, 0.2) is 0 Å². The second-order valence-corrected chi connectivity index (χ2v) is 17.9. The summed E-state index contributed by atoms with van der Waals surface area (Å²) in [4.78, 5) is 81.0. The van der Waals surface area contributed by atoms with Crippen LogP contribution in [0.25, 0.3) is 0 Å². The Morgan fingerprint density at radius 1 is 0.898 bits per heavy atom. The van der Waals surface area contributed by atoms with Crippen molar-refractivity contribution in [2.75, 3.05) is 55.6 Å². The first kappa shape index (κ1) is 40.2. The molecule has 1 aliphatic carbocycles. The summed E-state index contributed by atoms with van der Waals surface area (Å²) in [6.45, 7) is 14.2. The van der Waals surface area contributed by atoms with E-state index in [1.54, 1.807) is 42.7 Å². The molecule has 8 rings (SSSR count). The van der Waals surface area contributed by atoms with Crippen molar-refractivity contribution >= 4 is 52.8 Å². The number of anilines is 2. The molecule has 3 aromatic rings. The molecular weight excluding hydrogens is 774 g/mol. The average Bonchev–Trinajstić information content (AvgIpc) is 3.47. The van der Waals surface area contributed by atoms with Crippen LogP contribution in [0.2, 0.25) is 5.02 Å². The van der Waals surface area contributed by atoms with Gasteiger partial charge < -0.3 is 19.9 Å². The van der Waals surface area contributed by atoms with Gasteiger partial charge in [0.05, 0.1) is 27.3 Å². The highest BCUT2D eigenvalue weighted by molar-refractivity contribution is 6.31. The van der Waals surface area contributed by atoms with Crippen LogP contribution in [0.1, 0.15) is 90.0 Å². The Morgan fingerprint density at radius 2 is 1.58 bits per heavy atom. The molecule has 5 heterocycles. The van der Waals surface area contributed by atoms with E-state index in [4.69, 9.17) is 16.3 Å². The van der Waals surface area contributed by atoms with Gasteiger partial charge in [0, 0.05) is 93.3 Å². The van der Waals surface area contributed by atoms with Gasteiger partial charge in [-0.1, -0.05) is 39.3 Å². The maximum absolute atomic E-state index is 13.4. The molecule has 1 atom stereocenters. The number of rotatable bonds is 9. The molecule has 59 heavy (non-hydrogen) atoms. The lowest BCUT2D eigenvalue weighted by atomic mass is 9.49. The molecule has 3 saturated heterocycles. The van der Waals surface area contributed by atoms with Crippen LogP contribution in [0.5, 0.6) is 5.75 Å². The number of piperidine rings is 2. The summed E-state index contributed by atoms with van der Waals surface area (Å²) in [6, 6.07) is 11.2. The molecule has 4 aliphatic heterocycles. The van der Waals surface area contributed by atoms with Gasteiger partial charge in [0.25, 0.3) is 17.7 Å². The number of amides is 5. The van der Waals surface area contributed by atoms with Crippen LogP contribution < -0.4 is 25.2 Å². The van der Waals surface area contributed by atoms with E-state index in [9.17, 15) is 29.2 Å². The predicted molar refractivity (Wildman–Crippen MR) is 218 cm³/mol. The first-order valence-corrected chi connectivity index (χ1v) is 20.6. The summed E-state index contributed by atoms with van der Waals surface area (Å²) >= 11 is 6.24. The highest BCUT2D eigenvalue weighted by Gasteiger charge is 2.64. The first-order chi connectivity index (χ1) is 28.1. The molecule has 5 aliphatic rings. The third-order valence-corrected chi connectivity index (χ3v) is 13.2. The lowest BCUT2D eigenvalue weighted by Gasteiger charge is -2.63. The molecule has 1 saturated carbocycles. The first-order valence-electron chi connectivity index (χ1n) is 20.2. The smallest absolute Gasteiger partial charge is 0.262 e. The number of ether oxygens (including phenoxy) is 1. The Labute approximate surface area is 348 Å². The number of imide groups is 2. The van der Waals surface area contributed by atoms with Crippen molar-refractivity contribution < 1.29 is 28.7 Å². The van der Waals surface area contributed by atoms with Crippen LogP contribution in [0, 0.1) is 28.1 Å². The van der Waals surface area contributed by atoms with E-state index in [-0.39, 0.29) is 36.5 Å². The molecule has 2 aromatic carbocycles. The minimum absolute atomic E-state index is 0.0859.